The van der Waals surface area contributed by atoms with E-state index >= 15 is 0 Å². The molecule has 8 nitrogen and oxygen atoms in total. The third kappa shape index (κ3) is 2.55. The number of hydrogen-bond donors (Lipinski definition) is 2. The van der Waals surface area contributed by atoms with Gasteiger partial charge in [0.05, 0.1) is 17.7 Å². The molecule has 28 heavy (non-hydrogen) atoms. The number of fused-ring (bicyclic) bond motifs is 2. The number of nitrogens with one attached hydrogen (secondary N) is 2. The first-order chi connectivity index (χ1) is 13.5. The van der Waals surface area contributed by atoms with E-state index in [2.05, 4.69) is 10.6 Å². The molecule has 1 spiro atoms. The number of carbonyl (C=O) groups excluding carboxylic acids is 4. The van der Waals surface area contributed by atoms with Gasteiger partial charge in [-0.3, -0.25) is 29.4 Å². The van der Waals surface area contributed by atoms with E-state index in [9.17, 15) is 19.2 Å². The maximum Gasteiger partial charge on any atom is 0.262 e. The third-order valence-electron chi connectivity index (χ3n) is 6.38. The predicted molar refractivity (Wildman–Crippen MR) is 96.8 cm³/mol. The summed E-state index contributed by atoms with van der Waals surface area (Å²) < 4.78 is 6.01. The fourth-order valence-corrected chi connectivity index (χ4v) is 4.78. The summed E-state index contributed by atoms with van der Waals surface area (Å²) in [5, 5.41) is 5.57. The van der Waals surface area contributed by atoms with Gasteiger partial charge in [-0.25, -0.2) is 0 Å². The topological polar surface area (TPSA) is 105 Å². The molecule has 1 unspecified atom stereocenters. The van der Waals surface area contributed by atoms with Gasteiger partial charge in [0.15, 0.2) is 0 Å². The summed E-state index contributed by atoms with van der Waals surface area (Å²) in [5.41, 5.74) is 1.61. The van der Waals surface area contributed by atoms with Crippen LogP contribution in [0.3, 0.4) is 0 Å². The lowest BCUT2D eigenvalue weighted by Crippen LogP contribution is -2.54. The van der Waals surface area contributed by atoms with Gasteiger partial charge < -0.3 is 10.1 Å². The van der Waals surface area contributed by atoms with E-state index in [-0.39, 0.29) is 29.7 Å². The molecule has 4 aliphatic heterocycles. The molecule has 1 aromatic carbocycles. The van der Waals surface area contributed by atoms with Crippen LogP contribution in [0.25, 0.3) is 0 Å². The Kier molecular flexibility index (Phi) is 3.80. The largest absolute Gasteiger partial charge is 0.493 e. The van der Waals surface area contributed by atoms with Crippen molar-refractivity contribution in [3.63, 3.8) is 0 Å². The maximum atomic E-state index is 13.0. The molecule has 0 aliphatic carbocycles. The lowest BCUT2D eigenvalue weighted by molar-refractivity contribution is -0.136. The molecule has 0 radical (unpaired) electrons. The molecule has 4 aliphatic rings. The standard InChI is InChI=1S/C20H21N3O5/c24-16-2-1-14(17(25)22-16)23-18(26)12-7-11-9-20(3-5-21-6-4-20)10-28-15(11)8-13(12)19(23)27/h7-8,14,21H,1-6,9-10H2,(H,22,24,25). The Morgan fingerprint density at radius 1 is 1.04 bits per heavy atom. The average Bonchev–Trinajstić information content (AvgIpc) is 2.91. The summed E-state index contributed by atoms with van der Waals surface area (Å²) in [6.45, 7) is 2.51. The maximum absolute atomic E-state index is 13.0. The minimum Gasteiger partial charge on any atom is -0.493 e. The highest BCUT2D eigenvalue weighted by atomic mass is 16.5. The zero-order valence-corrected chi connectivity index (χ0v) is 15.4. The summed E-state index contributed by atoms with van der Waals surface area (Å²) in [4.78, 5) is 50.4. The van der Waals surface area contributed by atoms with Crippen molar-refractivity contribution in [2.75, 3.05) is 19.7 Å². The van der Waals surface area contributed by atoms with Gasteiger partial charge in [0.2, 0.25) is 11.8 Å². The van der Waals surface area contributed by atoms with Gasteiger partial charge in [0, 0.05) is 11.8 Å². The number of hydrogen-bond acceptors (Lipinski definition) is 6. The van der Waals surface area contributed by atoms with Crippen molar-refractivity contribution in [3.05, 3.63) is 28.8 Å². The lowest BCUT2D eigenvalue weighted by Gasteiger charge is -2.41. The molecule has 5 rings (SSSR count). The number of nitrogens with zero attached hydrogens (tertiary/aromatic N) is 1. The van der Waals surface area contributed by atoms with Crippen LogP contribution in [0.1, 0.15) is 52.0 Å². The van der Waals surface area contributed by atoms with Gasteiger partial charge in [-0.05, 0) is 56.5 Å². The average molecular weight is 383 g/mol. The first-order valence-corrected chi connectivity index (χ1v) is 9.69. The van der Waals surface area contributed by atoms with Crippen LogP contribution in [0.2, 0.25) is 0 Å². The van der Waals surface area contributed by atoms with E-state index < -0.39 is 23.8 Å². The molecule has 2 fully saturated rings. The second-order valence-corrected chi connectivity index (χ2v) is 8.17. The number of piperidine rings is 2. The van der Waals surface area contributed by atoms with Gasteiger partial charge in [-0.2, -0.15) is 0 Å². The molecular formula is C20H21N3O5. The smallest absolute Gasteiger partial charge is 0.262 e. The zero-order valence-electron chi connectivity index (χ0n) is 15.4. The molecule has 0 aromatic heterocycles. The van der Waals surface area contributed by atoms with E-state index in [0.717, 1.165) is 42.8 Å². The van der Waals surface area contributed by atoms with Crippen molar-refractivity contribution in [2.45, 2.75) is 38.1 Å². The molecule has 2 N–H and O–H groups in total. The zero-order chi connectivity index (χ0) is 19.5. The number of amides is 4. The van der Waals surface area contributed by atoms with E-state index in [4.69, 9.17) is 4.74 Å². The number of carbonyl (C=O) groups is 4. The number of benzene rings is 1. The van der Waals surface area contributed by atoms with Gasteiger partial charge in [-0.15, -0.1) is 0 Å². The molecule has 4 heterocycles. The summed E-state index contributed by atoms with van der Waals surface area (Å²) >= 11 is 0. The number of rotatable bonds is 1. The second kappa shape index (κ2) is 6.13. The van der Waals surface area contributed by atoms with Gasteiger partial charge in [0.25, 0.3) is 11.8 Å². The first-order valence-electron chi connectivity index (χ1n) is 9.69. The number of imide groups is 2. The molecule has 1 atom stereocenters. The monoisotopic (exact) mass is 383 g/mol. The molecule has 0 saturated carbocycles. The van der Waals surface area contributed by atoms with E-state index in [1.165, 1.54) is 0 Å². The SMILES string of the molecule is O=C1CCC(N2C(=O)c3cc4c(cc3C2=O)OCC2(CCNCC2)C4)C(=O)N1. The minimum atomic E-state index is -0.946. The lowest BCUT2D eigenvalue weighted by atomic mass is 9.73. The highest BCUT2D eigenvalue weighted by Crippen LogP contribution is 2.42. The van der Waals surface area contributed by atoms with Crippen molar-refractivity contribution in [2.24, 2.45) is 5.41 Å². The van der Waals surface area contributed by atoms with Crippen LogP contribution >= 0.6 is 0 Å². The van der Waals surface area contributed by atoms with Crippen molar-refractivity contribution >= 4 is 23.6 Å². The van der Waals surface area contributed by atoms with Crippen molar-refractivity contribution < 1.29 is 23.9 Å². The summed E-state index contributed by atoms with van der Waals surface area (Å²) in [6, 6.07) is 2.46. The van der Waals surface area contributed by atoms with Gasteiger partial charge in [0.1, 0.15) is 11.8 Å². The molecule has 0 bridgehead atoms. The third-order valence-corrected chi connectivity index (χ3v) is 6.38. The second-order valence-electron chi connectivity index (χ2n) is 8.17. The van der Waals surface area contributed by atoms with Crippen molar-refractivity contribution in [3.8, 4) is 5.75 Å². The molecule has 146 valence electrons. The summed E-state index contributed by atoms with van der Waals surface area (Å²) in [5.74, 6) is -1.30. The first kappa shape index (κ1) is 17.4. The van der Waals surface area contributed by atoms with Crippen LogP contribution in [0.4, 0.5) is 0 Å². The number of ether oxygens (including phenoxy) is 1. The molecule has 4 amide bonds. The fourth-order valence-electron chi connectivity index (χ4n) is 4.78. The highest BCUT2D eigenvalue weighted by Gasteiger charge is 2.46. The van der Waals surface area contributed by atoms with E-state index in [0.29, 0.717) is 17.9 Å². The Morgan fingerprint density at radius 2 is 1.75 bits per heavy atom. The van der Waals surface area contributed by atoms with Crippen LogP contribution in [0.5, 0.6) is 5.75 Å². The Balaban J connectivity index is 1.47. The van der Waals surface area contributed by atoms with Crippen LogP contribution < -0.4 is 15.4 Å². The van der Waals surface area contributed by atoms with Gasteiger partial charge >= 0.3 is 0 Å². The summed E-state index contributed by atoms with van der Waals surface area (Å²) in [7, 11) is 0. The predicted octanol–water partition coefficient (Wildman–Crippen LogP) is 0.393. The van der Waals surface area contributed by atoms with E-state index in [1.54, 1.807) is 12.1 Å². The molecular weight excluding hydrogens is 362 g/mol. The fraction of sp³-hybridized carbons (Fsp3) is 0.500. The quantitative estimate of drug-likeness (QED) is 0.680. The Hall–Kier alpha value is -2.74. The summed E-state index contributed by atoms with van der Waals surface area (Å²) in [6.07, 6.45) is 3.11. The normalized spacial score (nSPS) is 26.0. The minimum absolute atomic E-state index is 0.0709. The Morgan fingerprint density at radius 3 is 2.46 bits per heavy atom. The van der Waals surface area contributed by atoms with Crippen LogP contribution in [0.15, 0.2) is 12.1 Å². The van der Waals surface area contributed by atoms with E-state index in [1.807, 2.05) is 0 Å². The van der Waals surface area contributed by atoms with Crippen LogP contribution in [0, 0.1) is 5.41 Å². The Bertz CT molecular complexity index is 919. The molecule has 8 heteroatoms. The van der Waals surface area contributed by atoms with Crippen LogP contribution in [-0.2, 0) is 16.0 Å². The van der Waals surface area contributed by atoms with Crippen LogP contribution in [-0.4, -0.2) is 54.3 Å². The highest BCUT2D eigenvalue weighted by molar-refractivity contribution is 6.23. The molecule has 1 aromatic rings. The molecule has 2 saturated heterocycles. The van der Waals surface area contributed by atoms with Crippen molar-refractivity contribution in [1.82, 2.24) is 15.5 Å². The Labute approximate surface area is 161 Å². The van der Waals surface area contributed by atoms with Gasteiger partial charge in [-0.1, -0.05) is 0 Å². The van der Waals surface area contributed by atoms with Crippen molar-refractivity contribution in [1.29, 1.82) is 0 Å².